The number of carbonyl (C=O) groups excluding carboxylic acids is 3. The van der Waals surface area contributed by atoms with E-state index in [2.05, 4.69) is 12.2 Å². The van der Waals surface area contributed by atoms with Gasteiger partial charge in [-0.05, 0) is 69.2 Å². The molecule has 0 unspecified atom stereocenters. The Labute approximate surface area is 187 Å². The first-order valence-electron chi connectivity index (χ1n) is 11.3. The van der Waals surface area contributed by atoms with E-state index >= 15 is 0 Å². The number of carbonyl (C=O) groups is 3. The summed E-state index contributed by atoms with van der Waals surface area (Å²) in [5.74, 6) is -0.232. The number of Topliss-reactive ketones (excluding diaryl/α,β-unsaturated/α-hetero) is 1. The minimum Gasteiger partial charge on any atom is -0.344 e. The van der Waals surface area contributed by atoms with Crippen molar-refractivity contribution in [1.82, 2.24) is 14.8 Å². The highest BCUT2D eigenvalue weighted by Crippen LogP contribution is 2.37. The number of hydrogen-bond donors (Lipinski definition) is 1. The molecule has 4 rings (SSSR count). The van der Waals surface area contributed by atoms with Gasteiger partial charge < -0.3 is 9.88 Å². The Morgan fingerprint density at radius 2 is 1.81 bits per heavy atom. The monoisotopic (exact) mass is 439 g/mol. The first-order chi connectivity index (χ1) is 15.2. The largest absolute Gasteiger partial charge is 0.344 e. The highest BCUT2D eigenvalue weighted by molar-refractivity contribution is 6.11. The third kappa shape index (κ3) is 3.96. The fourth-order valence-corrected chi connectivity index (χ4v) is 5.07. The summed E-state index contributed by atoms with van der Waals surface area (Å²) in [5.41, 5.74) is 2.23. The van der Waals surface area contributed by atoms with Crippen molar-refractivity contribution in [3.63, 3.8) is 0 Å². The van der Waals surface area contributed by atoms with Gasteiger partial charge in [-0.25, -0.2) is 9.18 Å². The maximum Gasteiger partial charge on any atom is 0.325 e. The van der Waals surface area contributed by atoms with Crippen molar-refractivity contribution in [1.29, 1.82) is 0 Å². The minimum absolute atomic E-state index is 0.258. The molecule has 1 spiro atoms. The molecule has 2 aromatic rings. The maximum absolute atomic E-state index is 13.2. The Balaban J connectivity index is 1.49. The van der Waals surface area contributed by atoms with Gasteiger partial charge in [0.1, 0.15) is 11.4 Å². The molecule has 1 aliphatic carbocycles. The Hall–Kier alpha value is -2.96. The van der Waals surface area contributed by atoms with Gasteiger partial charge in [-0.3, -0.25) is 14.5 Å². The van der Waals surface area contributed by atoms with Crippen LogP contribution >= 0.6 is 0 Å². The van der Waals surface area contributed by atoms with Gasteiger partial charge in [-0.15, -0.1) is 0 Å². The van der Waals surface area contributed by atoms with E-state index in [1.165, 1.54) is 12.1 Å². The summed E-state index contributed by atoms with van der Waals surface area (Å²) in [7, 11) is 0. The number of rotatable bonds is 6. The molecule has 1 saturated heterocycles. The van der Waals surface area contributed by atoms with Crippen LogP contribution in [-0.4, -0.2) is 39.3 Å². The molecule has 7 heteroatoms. The molecule has 32 heavy (non-hydrogen) atoms. The first kappa shape index (κ1) is 22.2. The van der Waals surface area contributed by atoms with Crippen LogP contribution in [-0.2, 0) is 11.3 Å². The number of aryl methyl sites for hydroxylation is 1. The predicted molar refractivity (Wildman–Crippen MR) is 119 cm³/mol. The van der Waals surface area contributed by atoms with E-state index in [0.717, 1.165) is 41.1 Å². The summed E-state index contributed by atoms with van der Waals surface area (Å²) in [6, 6.07) is 7.58. The van der Waals surface area contributed by atoms with Gasteiger partial charge in [-0.2, -0.15) is 0 Å². The van der Waals surface area contributed by atoms with Gasteiger partial charge in [0, 0.05) is 23.5 Å². The minimum atomic E-state index is -0.845. The Bertz CT molecular complexity index is 1050. The Morgan fingerprint density at radius 1 is 1.16 bits per heavy atom. The number of urea groups is 1. The number of ketones is 1. The lowest BCUT2D eigenvalue weighted by Crippen LogP contribution is -2.49. The van der Waals surface area contributed by atoms with E-state index in [4.69, 9.17) is 0 Å². The van der Waals surface area contributed by atoms with Gasteiger partial charge in [0.2, 0.25) is 0 Å². The molecule has 0 radical (unpaired) electrons. The van der Waals surface area contributed by atoms with Crippen LogP contribution in [0, 0.1) is 25.6 Å². The molecule has 2 aliphatic rings. The summed E-state index contributed by atoms with van der Waals surface area (Å²) < 4.78 is 15.2. The lowest BCUT2D eigenvalue weighted by molar-refractivity contribution is -0.132. The molecule has 1 aromatic heterocycles. The summed E-state index contributed by atoms with van der Waals surface area (Å²) >= 11 is 0. The molecule has 1 aliphatic heterocycles. The number of nitrogens with one attached hydrogen (secondary N) is 1. The molecule has 3 amide bonds. The van der Waals surface area contributed by atoms with Crippen LogP contribution in [0.5, 0.6) is 0 Å². The van der Waals surface area contributed by atoms with Gasteiger partial charge in [0.25, 0.3) is 5.91 Å². The van der Waals surface area contributed by atoms with Gasteiger partial charge in [0.05, 0.1) is 6.54 Å². The fourth-order valence-electron chi connectivity index (χ4n) is 5.07. The van der Waals surface area contributed by atoms with E-state index in [1.54, 1.807) is 18.2 Å². The van der Waals surface area contributed by atoms with Crippen molar-refractivity contribution in [3.8, 4) is 0 Å². The number of amides is 3. The maximum atomic E-state index is 13.2. The van der Waals surface area contributed by atoms with E-state index in [9.17, 15) is 18.8 Å². The van der Waals surface area contributed by atoms with Crippen LogP contribution in [0.3, 0.4) is 0 Å². The van der Waals surface area contributed by atoms with Crippen LogP contribution in [0.4, 0.5) is 9.18 Å². The highest BCUT2D eigenvalue weighted by atomic mass is 19.1. The van der Waals surface area contributed by atoms with E-state index in [-0.39, 0.29) is 24.1 Å². The molecule has 0 atom stereocenters. The molecular formula is C25H30FN3O3. The number of nitrogens with zero attached hydrogens (tertiary/aromatic N) is 2. The Morgan fingerprint density at radius 3 is 2.44 bits per heavy atom. The quantitative estimate of drug-likeness (QED) is 0.537. The topological polar surface area (TPSA) is 71.4 Å². The average molecular weight is 440 g/mol. The molecule has 170 valence electrons. The van der Waals surface area contributed by atoms with Crippen LogP contribution in [0.25, 0.3) is 0 Å². The number of aromatic nitrogens is 1. The van der Waals surface area contributed by atoms with Crippen molar-refractivity contribution in [2.75, 3.05) is 6.54 Å². The molecule has 1 saturated carbocycles. The van der Waals surface area contributed by atoms with Crippen molar-refractivity contribution in [2.45, 2.75) is 65.0 Å². The molecule has 2 heterocycles. The second-order valence-electron chi connectivity index (χ2n) is 9.18. The van der Waals surface area contributed by atoms with E-state index in [0.29, 0.717) is 30.9 Å². The third-order valence-electron chi connectivity index (χ3n) is 7.21. The summed E-state index contributed by atoms with van der Waals surface area (Å²) in [4.78, 5) is 39.9. The number of benzene rings is 1. The molecule has 1 aromatic carbocycles. The fraction of sp³-hybridized carbons (Fsp3) is 0.480. The van der Waals surface area contributed by atoms with Gasteiger partial charge in [-0.1, -0.05) is 25.5 Å². The van der Waals surface area contributed by atoms with Crippen molar-refractivity contribution in [3.05, 3.63) is 58.7 Å². The molecule has 1 N–H and O–H groups in total. The summed E-state index contributed by atoms with van der Waals surface area (Å²) in [6.07, 6.45) is 4.16. The lowest BCUT2D eigenvalue weighted by Gasteiger charge is -2.34. The summed E-state index contributed by atoms with van der Waals surface area (Å²) in [5, 5.41) is 2.89. The van der Waals surface area contributed by atoms with Crippen LogP contribution < -0.4 is 5.32 Å². The molecular weight excluding hydrogens is 409 g/mol. The lowest BCUT2D eigenvalue weighted by atomic mass is 9.75. The number of hydrogen-bond acceptors (Lipinski definition) is 3. The van der Waals surface area contributed by atoms with Crippen LogP contribution in [0.15, 0.2) is 30.3 Å². The smallest absolute Gasteiger partial charge is 0.325 e. The molecule has 6 nitrogen and oxygen atoms in total. The van der Waals surface area contributed by atoms with E-state index in [1.807, 2.05) is 18.4 Å². The van der Waals surface area contributed by atoms with E-state index < -0.39 is 11.6 Å². The van der Waals surface area contributed by atoms with Crippen LogP contribution in [0.2, 0.25) is 0 Å². The predicted octanol–water partition coefficient (Wildman–Crippen LogP) is 4.37. The van der Waals surface area contributed by atoms with Crippen LogP contribution in [0.1, 0.15) is 66.3 Å². The number of imide groups is 1. The zero-order chi connectivity index (χ0) is 23.0. The molecule has 2 fully saturated rings. The van der Waals surface area contributed by atoms with Gasteiger partial charge >= 0.3 is 6.03 Å². The second-order valence-corrected chi connectivity index (χ2v) is 9.18. The average Bonchev–Trinajstić information content (AvgIpc) is 3.18. The zero-order valence-corrected chi connectivity index (χ0v) is 18.9. The third-order valence-corrected chi connectivity index (χ3v) is 7.21. The zero-order valence-electron chi connectivity index (χ0n) is 18.9. The summed E-state index contributed by atoms with van der Waals surface area (Å²) in [6.45, 7) is 6.15. The van der Waals surface area contributed by atoms with Crippen molar-refractivity contribution >= 4 is 17.7 Å². The van der Waals surface area contributed by atoms with Crippen molar-refractivity contribution in [2.24, 2.45) is 5.92 Å². The highest BCUT2D eigenvalue weighted by Gasteiger charge is 2.52. The van der Waals surface area contributed by atoms with Gasteiger partial charge in [0.15, 0.2) is 5.78 Å². The SMILES string of the molecule is CCC1CCC2(CC1)NC(=O)N(CC(=O)c1cc(C)n(Cc3ccc(F)cc3)c1C)C2=O. The first-order valence-corrected chi connectivity index (χ1v) is 11.3. The normalized spacial score (nSPS) is 23.1. The molecule has 0 bridgehead atoms. The second kappa shape index (κ2) is 8.52. The Kier molecular flexibility index (Phi) is 5.93. The standard InChI is InChI=1S/C25H30FN3O3/c1-4-18-9-11-25(12-10-18)23(31)29(24(32)27-25)15-22(30)21-13-16(2)28(17(21)3)14-19-5-7-20(26)8-6-19/h5-8,13,18H,4,9-12,14-15H2,1-3H3,(H,27,32). The van der Waals surface area contributed by atoms with Crippen molar-refractivity contribution < 1.29 is 18.8 Å². The number of halogens is 1.